The minimum absolute atomic E-state index is 0.353. The van der Waals surface area contributed by atoms with Gasteiger partial charge in [0.05, 0.1) is 17.9 Å². The first-order valence-corrected chi connectivity index (χ1v) is 7.11. The van der Waals surface area contributed by atoms with Gasteiger partial charge in [-0.3, -0.25) is 4.40 Å². The Hall–Kier alpha value is -2.14. The van der Waals surface area contributed by atoms with Gasteiger partial charge in [0.1, 0.15) is 5.75 Å². The summed E-state index contributed by atoms with van der Waals surface area (Å²) in [5.41, 5.74) is 3.25. The van der Waals surface area contributed by atoms with E-state index in [1.165, 1.54) is 0 Å². The Morgan fingerprint density at radius 1 is 1.19 bits per heavy atom. The highest BCUT2D eigenvalue weighted by molar-refractivity contribution is 6.32. The molecule has 0 unspecified atom stereocenters. The second kappa shape index (κ2) is 5.33. The predicted molar refractivity (Wildman–Crippen MR) is 81.9 cm³/mol. The molecule has 0 radical (unpaired) electrons. The maximum absolute atomic E-state index is 6.17. The van der Waals surface area contributed by atoms with Gasteiger partial charge in [0.25, 0.3) is 0 Å². The molecule has 0 bridgehead atoms. The van der Waals surface area contributed by atoms with E-state index in [-0.39, 0.29) is 0 Å². The highest BCUT2D eigenvalue weighted by atomic mass is 35.5. The van der Waals surface area contributed by atoms with E-state index in [9.17, 15) is 0 Å². The number of halogens is 1. The average Bonchev–Trinajstić information content (AvgIpc) is 2.91. The van der Waals surface area contributed by atoms with Crippen molar-refractivity contribution in [3.63, 3.8) is 0 Å². The molecule has 0 amide bonds. The monoisotopic (exact) mass is 302 g/mol. The fourth-order valence-electron chi connectivity index (χ4n) is 2.28. The van der Waals surface area contributed by atoms with E-state index in [1.54, 1.807) is 0 Å². The van der Waals surface area contributed by atoms with Crippen molar-refractivity contribution in [2.45, 2.75) is 20.8 Å². The summed E-state index contributed by atoms with van der Waals surface area (Å²) in [6.07, 6.45) is 0. The summed E-state index contributed by atoms with van der Waals surface area (Å²) >= 11 is 6.17. The molecule has 2 heterocycles. The maximum Gasteiger partial charge on any atom is 0.199 e. The van der Waals surface area contributed by atoms with Crippen molar-refractivity contribution in [1.29, 1.82) is 0 Å². The van der Waals surface area contributed by atoms with Gasteiger partial charge in [-0.15, -0.1) is 10.2 Å². The van der Waals surface area contributed by atoms with Crippen LogP contribution >= 0.6 is 11.6 Å². The van der Waals surface area contributed by atoms with Crippen LogP contribution in [0.2, 0.25) is 5.15 Å². The zero-order valence-electron chi connectivity index (χ0n) is 12.1. The summed E-state index contributed by atoms with van der Waals surface area (Å²) < 4.78 is 7.60. The Balaban J connectivity index is 2.32. The number of benzene rings is 1. The van der Waals surface area contributed by atoms with Crippen LogP contribution in [0.3, 0.4) is 0 Å². The summed E-state index contributed by atoms with van der Waals surface area (Å²) in [5.74, 6) is 1.48. The number of nitrogens with zero attached hydrogens (tertiary/aromatic N) is 4. The summed E-state index contributed by atoms with van der Waals surface area (Å²) in [4.78, 5) is 4.28. The Bertz CT molecular complexity index is 813. The van der Waals surface area contributed by atoms with E-state index in [1.807, 2.05) is 49.4 Å². The van der Waals surface area contributed by atoms with Crippen molar-refractivity contribution < 1.29 is 4.74 Å². The van der Waals surface area contributed by atoms with Gasteiger partial charge in [0.15, 0.2) is 16.6 Å². The third kappa shape index (κ3) is 2.23. The van der Waals surface area contributed by atoms with Crippen LogP contribution in [0.25, 0.3) is 17.0 Å². The van der Waals surface area contributed by atoms with Crippen LogP contribution in [0.5, 0.6) is 5.75 Å². The SMILES string of the molecule is CCOc1ccccc1-c1nnc2c(Cl)nc(C)c(C)n12. The third-order valence-electron chi connectivity index (χ3n) is 3.40. The molecule has 6 heteroatoms. The van der Waals surface area contributed by atoms with Crippen LogP contribution in [0.1, 0.15) is 18.3 Å². The molecular weight excluding hydrogens is 288 g/mol. The molecule has 0 N–H and O–H groups in total. The molecular formula is C15H15ClN4O. The highest BCUT2D eigenvalue weighted by Gasteiger charge is 2.17. The normalized spacial score (nSPS) is 11.0. The van der Waals surface area contributed by atoms with Crippen LogP contribution in [0.15, 0.2) is 24.3 Å². The number of aryl methyl sites for hydroxylation is 2. The minimum atomic E-state index is 0.353. The molecule has 21 heavy (non-hydrogen) atoms. The molecule has 0 aliphatic heterocycles. The van der Waals surface area contributed by atoms with Crippen LogP contribution in [-0.4, -0.2) is 26.2 Å². The number of hydrogen-bond acceptors (Lipinski definition) is 4. The van der Waals surface area contributed by atoms with Crippen molar-refractivity contribution >= 4 is 17.2 Å². The van der Waals surface area contributed by atoms with E-state index < -0.39 is 0 Å². The quantitative estimate of drug-likeness (QED) is 0.743. The number of aromatic nitrogens is 4. The van der Waals surface area contributed by atoms with E-state index in [0.717, 1.165) is 22.7 Å². The topological polar surface area (TPSA) is 52.3 Å². The molecule has 108 valence electrons. The van der Waals surface area contributed by atoms with Crippen molar-refractivity contribution in [3.8, 4) is 17.1 Å². The van der Waals surface area contributed by atoms with Crippen molar-refractivity contribution in [1.82, 2.24) is 19.6 Å². The lowest BCUT2D eigenvalue weighted by molar-refractivity contribution is 0.341. The van der Waals surface area contributed by atoms with Gasteiger partial charge in [-0.2, -0.15) is 0 Å². The smallest absolute Gasteiger partial charge is 0.199 e. The van der Waals surface area contributed by atoms with Gasteiger partial charge in [-0.05, 0) is 32.9 Å². The molecule has 1 aromatic carbocycles. The van der Waals surface area contributed by atoms with E-state index >= 15 is 0 Å². The first-order valence-electron chi connectivity index (χ1n) is 6.73. The second-order valence-corrected chi connectivity index (χ2v) is 5.04. The summed E-state index contributed by atoms with van der Waals surface area (Å²) in [6, 6.07) is 7.77. The fraction of sp³-hybridized carbons (Fsp3) is 0.267. The first-order chi connectivity index (χ1) is 10.1. The Morgan fingerprint density at radius 3 is 2.71 bits per heavy atom. The molecule has 0 aliphatic rings. The minimum Gasteiger partial charge on any atom is -0.493 e. The highest BCUT2D eigenvalue weighted by Crippen LogP contribution is 2.31. The van der Waals surface area contributed by atoms with Gasteiger partial charge in [-0.25, -0.2) is 4.98 Å². The third-order valence-corrected chi connectivity index (χ3v) is 3.65. The zero-order chi connectivity index (χ0) is 15.0. The molecule has 0 aliphatic carbocycles. The molecule has 0 atom stereocenters. The lowest BCUT2D eigenvalue weighted by atomic mass is 10.2. The number of para-hydroxylation sites is 1. The predicted octanol–water partition coefficient (Wildman–Crippen LogP) is 3.46. The standard InChI is InChI=1S/C15H15ClN4O/c1-4-21-12-8-6-5-7-11(12)14-18-19-15-13(16)17-9(2)10(3)20(14)15/h5-8H,4H2,1-3H3. The molecule has 3 rings (SSSR count). The molecule has 0 saturated carbocycles. The van der Waals surface area contributed by atoms with Gasteiger partial charge < -0.3 is 4.74 Å². The Kier molecular flexibility index (Phi) is 3.51. The van der Waals surface area contributed by atoms with Gasteiger partial charge in [0.2, 0.25) is 0 Å². The number of rotatable bonds is 3. The van der Waals surface area contributed by atoms with E-state index in [0.29, 0.717) is 23.2 Å². The van der Waals surface area contributed by atoms with Gasteiger partial charge >= 0.3 is 0 Å². The van der Waals surface area contributed by atoms with Gasteiger partial charge in [0, 0.05) is 5.69 Å². The largest absolute Gasteiger partial charge is 0.493 e. The second-order valence-electron chi connectivity index (χ2n) is 4.69. The molecule has 0 saturated heterocycles. The Labute approximate surface area is 127 Å². The number of hydrogen-bond donors (Lipinski definition) is 0. The van der Waals surface area contributed by atoms with Crippen molar-refractivity contribution in [2.75, 3.05) is 6.61 Å². The molecule has 0 spiro atoms. The van der Waals surface area contributed by atoms with Crippen LogP contribution in [0.4, 0.5) is 0 Å². The molecule has 2 aromatic heterocycles. The number of ether oxygens (including phenoxy) is 1. The number of fused-ring (bicyclic) bond motifs is 1. The molecule has 5 nitrogen and oxygen atoms in total. The lowest BCUT2D eigenvalue weighted by Gasteiger charge is -2.11. The zero-order valence-corrected chi connectivity index (χ0v) is 12.8. The molecule has 3 aromatic rings. The van der Waals surface area contributed by atoms with Crippen LogP contribution < -0.4 is 4.74 Å². The molecule has 0 fully saturated rings. The Morgan fingerprint density at radius 2 is 1.95 bits per heavy atom. The van der Waals surface area contributed by atoms with E-state index in [4.69, 9.17) is 16.3 Å². The average molecular weight is 303 g/mol. The summed E-state index contributed by atoms with van der Waals surface area (Å²) in [5, 5.41) is 8.79. The first kappa shape index (κ1) is 13.8. The van der Waals surface area contributed by atoms with Crippen molar-refractivity contribution in [2.24, 2.45) is 0 Å². The van der Waals surface area contributed by atoms with E-state index in [2.05, 4.69) is 15.2 Å². The maximum atomic E-state index is 6.17. The summed E-state index contributed by atoms with van der Waals surface area (Å²) in [6.45, 7) is 6.43. The van der Waals surface area contributed by atoms with Gasteiger partial charge in [-0.1, -0.05) is 23.7 Å². The summed E-state index contributed by atoms with van der Waals surface area (Å²) in [7, 11) is 0. The van der Waals surface area contributed by atoms with Crippen molar-refractivity contribution in [3.05, 3.63) is 40.8 Å². The van der Waals surface area contributed by atoms with Crippen LogP contribution in [0, 0.1) is 13.8 Å². The lowest BCUT2D eigenvalue weighted by Crippen LogP contribution is -2.02. The fourth-order valence-corrected chi connectivity index (χ4v) is 2.53. The van der Waals surface area contributed by atoms with Crippen LogP contribution in [-0.2, 0) is 0 Å².